The highest BCUT2D eigenvalue weighted by molar-refractivity contribution is 9.10. The van der Waals surface area contributed by atoms with Crippen LogP contribution in [0.1, 0.15) is 22.8 Å². The topological polar surface area (TPSA) is 114 Å². The lowest BCUT2D eigenvalue weighted by Gasteiger charge is -2.07. The summed E-state index contributed by atoms with van der Waals surface area (Å²) in [6.45, 7) is 1.91. The molecule has 2 aromatic rings. The molecule has 2 aromatic carbocycles. The number of ether oxygens (including phenoxy) is 1. The number of aromatic hydroxyl groups is 1. The Morgan fingerprint density at radius 3 is 2.68 bits per heavy atom. The number of hydrogen-bond donors (Lipinski definition) is 2. The Kier molecular flexibility index (Phi) is 6.07. The first-order valence-electron chi connectivity index (χ1n) is 7.15. The number of hydrazone groups is 1. The molecule has 1 amide bonds. The van der Waals surface area contributed by atoms with E-state index in [4.69, 9.17) is 4.74 Å². The molecule has 0 fully saturated rings. The quantitative estimate of drug-likeness (QED) is 0.433. The second-order valence-electron chi connectivity index (χ2n) is 4.78. The molecule has 9 heteroatoms. The lowest BCUT2D eigenvalue weighted by Crippen LogP contribution is -2.17. The third-order valence-corrected chi connectivity index (χ3v) is 3.59. The number of phenols is 1. The van der Waals surface area contributed by atoms with E-state index >= 15 is 0 Å². The highest BCUT2D eigenvalue weighted by Crippen LogP contribution is 2.36. The van der Waals surface area contributed by atoms with Crippen molar-refractivity contribution < 1.29 is 19.6 Å². The smallest absolute Gasteiger partial charge is 0.315 e. The van der Waals surface area contributed by atoms with E-state index in [9.17, 15) is 20.0 Å². The number of nitrogens with one attached hydrogen (secondary N) is 1. The number of nitro groups is 1. The van der Waals surface area contributed by atoms with Crippen molar-refractivity contribution in [2.75, 3.05) is 6.61 Å². The van der Waals surface area contributed by atoms with Gasteiger partial charge in [-0.25, -0.2) is 5.43 Å². The fourth-order valence-electron chi connectivity index (χ4n) is 1.92. The normalized spacial score (nSPS) is 10.6. The second kappa shape index (κ2) is 8.25. The van der Waals surface area contributed by atoms with Crippen molar-refractivity contribution in [2.45, 2.75) is 6.92 Å². The Morgan fingerprint density at radius 1 is 1.40 bits per heavy atom. The summed E-state index contributed by atoms with van der Waals surface area (Å²) in [5.41, 5.74) is 2.52. The van der Waals surface area contributed by atoms with Crippen molar-refractivity contribution in [2.24, 2.45) is 5.10 Å². The van der Waals surface area contributed by atoms with E-state index in [1.165, 1.54) is 12.3 Å². The molecule has 2 rings (SSSR count). The zero-order valence-corrected chi connectivity index (χ0v) is 14.7. The summed E-state index contributed by atoms with van der Waals surface area (Å²) in [7, 11) is 0. The van der Waals surface area contributed by atoms with Crippen LogP contribution in [0, 0.1) is 10.1 Å². The number of rotatable bonds is 6. The van der Waals surface area contributed by atoms with Crippen molar-refractivity contribution in [3.63, 3.8) is 0 Å². The minimum absolute atomic E-state index is 0.0302. The fraction of sp³-hybridized carbons (Fsp3) is 0.125. The van der Waals surface area contributed by atoms with Crippen LogP contribution in [0.2, 0.25) is 0 Å². The number of phenolic OH excluding ortho intramolecular Hbond substituents is 1. The van der Waals surface area contributed by atoms with Crippen molar-refractivity contribution in [3.05, 3.63) is 62.1 Å². The summed E-state index contributed by atoms with van der Waals surface area (Å²) >= 11 is 3.27. The number of halogens is 1. The van der Waals surface area contributed by atoms with Crippen molar-refractivity contribution in [3.8, 4) is 11.5 Å². The van der Waals surface area contributed by atoms with E-state index in [1.54, 1.807) is 31.2 Å². The molecule has 0 radical (unpaired) electrons. The van der Waals surface area contributed by atoms with E-state index < -0.39 is 22.3 Å². The van der Waals surface area contributed by atoms with Gasteiger partial charge < -0.3 is 9.84 Å². The summed E-state index contributed by atoms with van der Waals surface area (Å²) in [6, 6.07) is 9.20. The summed E-state index contributed by atoms with van der Waals surface area (Å²) in [6.07, 6.45) is 1.23. The Bertz CT molecular complexity index is 821. The van der Waals surface area contributed by atoms with Crippen LogP contribution in [-0.2, 0) is 0 Å². The fourth-order valence-corrected chi connectivity index (χ4v) is 2.19. The lowest BCUT2D eigenvalue weighted by atomic mass is 10.2. The molecule has 0 aromatic heterocycles. The van der Waals surface area contributed by atoms with Crippen molar-refractivity contribution in [1.82, 2.24) is 5.43 Å². The van der Waals surface area contributed by atoms with Crippen LogP contribution in [0.4, 0.5) is 5.69 Å². The molecule has 0 aliphatic carbocycles. The minimum Gasteiger partial charge on any atom is -0.500 e. The molecule has 0 spiro atoms. The van der Waals surface area contributed by atoms with E-state index in [0.717, 1.165) is 10.5 Å². The lowest BCUT2D eigenvalue weighted by molar-refractivity contribution is -0.386. The number of amides is 1. The van der Waals surface area contributed by atoms with E-state index in [-0.39, 0.29) is 12.4 Å². The maximum absolute atomic E-state index is 11.9. The van der Waals surface area contributed by atoms with E-state index in [1.807, 2.05) is 0 Å². The summed E-state index contributed by atoms with van der Waals surface area (Å²) in [4.78, 5) is 22.2. The van der Waals surface area contributed by atoms with Gasteiger partial charge in [-0.15, -0.1) is 0 Å². The van der Waals surface area contributed by atoms with Crippen molar-refractivity contribution in [1.29, 1.82) is 0 Å². The third kappa shape index (κ3) is 4.77. The van der Waals surface area contributed by atoms with Crippen LogP contribution in [0.3, 0.4) is 0 Å². The Labute approximate surface area is 151 Å². The van der Waals surface area contributed by atoms with Crippen molar-refractivity contribution >= 4 is 33.7 Å². The highest BCUT2D eigenvalue weighted by atomic mass is 79.9. The molecular formula is C16H14BrN3O5. The first kappa shape index (κ1) is 18.4. The van der Waals surface area contributed by atoms with Gasteiger partial charge in [0.15, 0.2) is 5.75 Å². The summed E-state index contributed by atoms with van der Waals surface area (Å²) < 4.78 is 6.01. The number of nitro benzene ring substituents is 1. The molecule has 130 valence electrons. The first-order valence-corrected chi connectivity index (χ1v) is 7.94. The third-order valence-electron chi connectivity index (χ3n) is 3.06. The standard InChI is InChI=1S/C16H14BrN3O5/c1-2-25-14-8-10(7-13(15(14)21)20(23)24)9-18-19-16(22)11-3-5-12(17)6-4-11/h3-9,21H,2H2,1H3,(H,19,22)/b18-9+. The largest absolute Gasteiger partial charge is 0.500 e. The van der Waals surface area contributed by atoms with Gasteiger partial charge in [0.1, 0.15) is 0 Å². The molecule has 25 heavy (non-hydrogen) atoms. The number of carbonyl (C=O) groups excluding carboxylic acids is 1. The first-order chi connectivity index (χ1) is 11.9. The van der Waals surface area contributed by atoms with E-state index in [2.05, 4.69) is 26.5 Å². The van der Waals surface area contributed by atoms with Gasteiger partial charge in [0.05, 0.1) is 17.7 Å². The van der Waals surface area contributed by atoms with E-state index in [0.29, 0.717) is 11.1 Å². The molecule has 0 saturated heterocycles. The Balaban J connectivity index is 2.18. The molecule has 0 aliphatic heterocycles. The average Bonchev–Trinajstić information content (AvgIpc) is 2.58. The van der Waals surface area contributed by atoms with Gasteiger partial charge in [-0.2, -0.15) is 5.10 Å². The Hall–Kier alpha value is -2.94. The average molecular weight is 408 g/mol. The van der Waals surface area contributed by atoms with Gasteiger partial charge in [-0.05, 0) is 37.3 Å². The summed E-state index contributed by atoms with van der Waals surface area (Å²) in [5, 5.41) is 24.6. The zero-order chi connectivity index (χ0) is 18.4. The van der Waals surface area contributed by atoms with Crippen LogP contribution in [0.15, 0.2) is 46.0 Å². The molecule has 0 heterocycles. The van der Waals surface area contributed by atoms with Crippen LogP contribution in [0.5, 0.6) is 11.5 Å². The number of hydrogen-bond acceptors (Lipinski definition) is 6. The Morgan fingerprint density at radius 2 is 2.08 bits per heavy atom. The van der Waals surface area contributed by atoms with Gasteiger partial charge in [-0.3, -0.25) is 14.9 Å². The molecule has 2 N–H and O–H groups in total. The van der Waals surface area contributed by atoms with Gasteiger partial charge in [0.25, 0.3) is 5.91 Å². The predicted octanol–water partition coefficient (Wildman–Crippen LogP) is 3.23. The molecular weight excluding hydrogens is 394 g/mol. The molecule has 0 saturated carbocycles. The molecule has 0 unspecified atom stereocenters. The van der Waals surface area contributed by atoms with Gasteiger partial charge in [0, 0.05) is 21.7 Å². The predicted molar refractivity (Wildman–Crippen MR) is 95.1 cm³/mol. The van der Waals surface area contributed by atoms with Gasteiger partial charge >= 0.3 is 5.69 Å². The highest BCUT2D eigenvalue weighted by Gasteiger charge is 2.19. The van der Waals surface area contributed by atoms with Crippen LogP contribution in [0.25, 0.3) is 0 Å². The van der Waals surface area contributed by atoms with Gasteiger partial charge in [-0.1, -0.05) is 15.9 Å². The minimum atomic E-state index is -0.727. The number of carbonyl (C=O) groups is 1. The second-order valence-corrected chi connectivity index (χ2v) is 5.70. The SMILES string of the molecule is CCOc1cc(/C=N/NC(=O)c2ccc(Br)cc2)cc([N+](=O)[O-])c1O. The monoisotopic (exact) mass is 407 g/mol. The zero-order valence-electron chi connectivity index (χ0n) is 13.1. The summed E-state index contributed by atoms with van der Waals surface area (Å²) in [5.74, 6) is -1.01. The molecule has 0 aliphatic rings. The molecule has 0 bridgehead atoms. The van der Waals surface area contributed by atoms with Crippen LogP contribution < -0.4 is 10.2 Å². The maximum Gasteiger partial charge on any atom is 0.315 e. The number of benzene rings is 2. The maximum atomic E-state index is 11.9. The molecule has 8 nitrogen and oxygen atoms in total. The molecule has 0 atom stereocenters. The van der Waals surface area contributed by atoms with Crippen LogP contribution in [-0.4, -0.2) is 28.8 Å². The van der Waals surface area contributed by atoms with Gasteiger partial charge in [0.2, 0.25) is 5.75 Å². The van der Waals surface area contributed by atoms with Crippen LogP contribution >= 0.6 is 15.9 Å². The number of nitrogens with zero attached hydrogens (tertiary/aromatic N) is 2.